The number of fused-ring (bicyclic) bond motifs is 2. The molecule has 0 N–H and O–H groups in total. The van der Waals surface area contributed by atoms with Gasteiger partial charge in [0.1, 0.15) is 0 Å². The molecule has 0 amide bonds. The smallest absolute Gasteiger partial charge is 0.00988 e. The summed E-state index contributed by atoms with van der Waals surface area (Å²) in [6.45, 7) is 10.1. The molecule has 0 unspecified atom stereocenters. The van der Waals surface area contributed by atoms with E-state index in [-0.39, 0.29) is 0 Å². The average Bonchev–Trinajstić information content (AvgIpc) is 2.60. The maximum atomic E-state index is 2.84. The fraction of sp³-hybridized carbons (Fsp3) is 1.00. The van der Waals surface area contributed by atoms with E-state index in [1.165, 1.54) is 51.6 Å². The molecule has 1 heteroatoms. The third-order valence-corrected chi connectivity index (χ3v) is 4.92. The van der Waals surface area contributed by atoms with E-state index in [1.807, 2.05) is 0 Å². The van der Waals surface area contributed by atoms with E-state index >= 15 is 0 Å². The lowest BCUT2D eigenvalue weighted by atomic mass is 9.82. The lowest BCUT2D eigenvalue weighted by molar-refractivity contribution is 0.145. The lowest BCUT2D eigenvalue weighted by Gasteiger charge is -2.34. The van der Waals surface area contributed by atoms with Crippen LogP contribution < -0.4 is 0 Å². The van der Waals surface area contributed by atoms with Crippen LogP contribution in [0.3, 0.4) is 0 Å². The number of rotatable bonds is 3. The van der Waals surface area contributed by atoms with Gasteiger partial charge >= 0.3 is 0 Å². The first-order chi connectivity index (χ1) is 7.46. The van der Waals surface area contributed by atoms with Crippen molar-refractivity contribution in [1.82, 2.24) is 4.90 Å². The standard InChI is InChI=1S/C15H27N/c1-14(2,3)10-15(6-7-15)11-16-9-12-4-5-13(16)8-12/h12-13H,4-11H2,1-3H3/t12-,13+/m1/s1. The Morgan fingerprint density at radius 2 is 1.94 bits per heavy atom. The Morgan fingerprint density at radius 3 is 2.38 bits per heavy atom. The summed E-state index contributed by atoms with van der Waals surface area (Å²) in [5.74, 6) is 1.07. The van der Waals surface area contributed by atoms with Crippen LogP contribution in [0.1, 0.15) is 59.3 Å². The highest BCUT2D eigenvalue weighted by Crippen LogP contribution is 2.55. The van der Waals surface area contributed by atoms with Crippen molar-refractivity contribution in [3.05, 3.63) is 0 Å². The number of nitrogens with zero attached hydrogens (tertiary/aromatic N) is 1. The number of hydrogen-bond acceptors (Lipinski definition) is 1. The molecule has 3 rings (SSSR count). The van der Waals surface area contributed by atoms with Crippen LogP contribution in [0, 0.1) is 16.7 Å². The molecule has 3 aliphatic rings. The molecule has 92 valence electrons. The number of piperidine rings is 1. The molecule has 1 heterocycles. The summed E-state index contributed by atoms with van der Waals surface area (Å²) in [5, 5.41) is 0. The van der Waals surface area contributed by atoms with Gasteiger partial charge in [-0.15, -0.1) is 0 Å². The molecule has 3 fully saturated rings. The van der Waals surface area contributed by atoms with Crippen LogP contribution in [0.2, 0.25) is 0 Å². The van der Waals surface area contributed by atoms with Crippen molar-refractivity contribution in [2.24, 2.45) is 16.7 Å². The molecule has 1 nitrogen and oxygen atoms in total. The van der Waals surface area contributed by atoms with Crippen molar-refractivity contribution in [3.8, 4) is 0 Å². The SMILES string of the molecule is CC(C)(C)CC1(CN2C[C@@H]3CC[C@H]2C3)CC1. The molecule has 0 aromatic rings. The van der Waals surface area contributed by atoms with Gasteiger partial charge in [0.25, 0.3) is 0 Å². The Hall–Kier alpha value is -0.0400. The molecule has 2 saturated carbocycles. The molecule has 0 aromatic carbocycles. The van der Waals surface area contributed by atoms with Gasteiger partial charge in [-0.25, -0.2) is 0 Å². The fourth-order valence-electron chi connectivity index (χ4n) is 4.34. The highest BCUT2D eigenvalue weighted by molar-refractivity contribution is 5.02. The van der Waals surface area contributed by atoms with Gasteiger partial charge in [-0.1, -0.05) is 20.8 Å². The summed E-state index contributed by atoms with van der Waals surface area (Å²) in [7, 11) is 0. The fourth-order valence-corrected chi connectivity index (χ4v) is 4.34. The van der Waals surface area contributed by atoms with E-state index in [0.29, 0.717) is 5.41 Å². The summed E-state index contributed by atoms with van der Waals surface area (Å²) in [6.07, 6.45) is 8.97. The quantitative estimate of drug-likeness (QED) is 0.702. The van der Waals surface area contributed by atoms with Crippen LogP contribution in [0.5, 0.6) is 0 Å². The zero-order valence-corrected chi connectivity index (χ0v) is 11.3. The Kier molecular flexibility index (Phi) is 2.41. The zero-order chi connectivity index (χ0) is 11.4. The first kappa shape index (κ1) is 11.1. The van der Waals surface area contributed by atoms with Crippen molar-refractivity contribution < 1.29 is 0 Å². The van der Waals surface area contributed by atoms with Crippen LogP contribution in [0.25, 0.3) is 0 Å². The van der Waals surface area contributed by atoms with Crippen molar-refractivity contribution >= 4 is 0 Å². The summed E-state index contributed by atoms with van der Waals surface area (Å²) >= 11 is 0. The second kappa shape index (κ2) is 3.48. The molecule has 1 saturated heterocycles. The maximum Gasteiger partial charge on any atom is 0.00988 e. The van der Waals surface area contributed by atoms with Gasteiger partial charge in [0.2, 0.25) is 0 Å². The van der Waals surface area contributed by atoms with Crippen LogP contribution in [0.15, 0.2) is 0 Å². The van der Waals surface area contributed by atoms with Crippen LogP contribution in [-0.4, -0.2) is 24.0 Å². The monoisotopic (exact) mass is 221 g/mol. The Bertz CT molecular complexity index is 272. The van der Waals surface area contributed by atoms with Gasteiger partial charge in [-0.05, 0) is 55.3 Å². The molecule has 0 spiro atoms. The lowest BCUT2D eigenvalue weighted by Crippen LogP contribution is -2.37. The van der Waals surface area contributed by atoms with Gasteiger partial charge in [-0.3, -0.25) is 4.90 Å². The third kappa shape index (κ3) is 2.16. The van der Waals surface area contributed by atoms with E-state index in [0.717, 1.165) is 17.4 Å². The minimum atomic E-state index is 0.523. The first-order valence-corrected chi connectivity index (χ1v) is 7.20. The van der Waals surface area contributed by atoms with Gasteiger partial charge < -0.3 is 0 Å². The highest BCUT2D eigenvalue weighted by Gasteiger charge is 2.49. The van der Waals surface area contributed by atoms with Crippen molar-refractivity contribution in [1.29, 1.82) is 0 Å². The van der Waals surface area contributed by atoms with Crippen LogP contribution >= 0.6 is 0 Å². The van der Waals surface area contributed by atoms with Crippen molar-refractivity contribution in [2.45, 2.75) is 65.3 Å². The predicted molar refractivity (Wildman–Crippen MR) is 68.4 cm³/mol. The van der Waals surface area contributed by atoms with E-state index in [2.05, 4.69) is 25.7 Å². The maximum absolute atomic E-state index is 2.84. The normalized spacial score (nSPS) is 36.9. The summed E-state index contributed by atoms with van der Waals surface area (Å²) in [6, 6.07) is 0.974. The molecule has 1 aliphatic heterocycles. The van der Waals surface area contributed by atoms with E-state index < -0.39 is 0 Å². The number of likely N-dealkylation sites (tertiary alicyclic amines) is 1. The van der Waals surface area contributed by atoms with Gasteiger partial charge in [0.15, 0.2) is 0 Å². The number of hydrogen-bond donors (Lipinski definition) is 0. The second-order valence-corrected chi connectivity index (χ2v) is 8.00. The van der Waals surface area contributed by atoms with Gasteiger partial charge in [-0.2, -0.15) is 0 Å². The second-order valence-electron chi connectivity index (χ2n) is 8.00. The summed E-state index contributed by atoms with van der Waals surface area (Å²) in [5.41, 5.74) is 1.25. The van der Waals surface area contributed by atoms with E-state index in [1.54, 1.807) is 0 Å². The molecule has 0 aromatic heterocycles. The predicted octanol–water partition coefficient (Wildman–Crippen LogP) is 3.69. The highest BCUT2D eigenvalue weighted by atomic mass is 15.2. The molecular formula is C15H27N. The molecular weight excluding hydrogens is 194 g/mol. The molecule has 16 heavy (non-hydrogen) atoms. The van der Waals surface area contributed by atoms with Gasteiger partial charge in [0.05, 0.1) is 0 Å². The Morgan fingerprint density at radius 1 is 1.19 bits per heavy atom. The third-order valence-electron chi connectivity index (χ3n) is 4.92. The van der Waals surface area contributed by atoms with E-state index in [4.69, 9.17) is 0 Å². The van der Waals surface area contributed by atoms with Crippen molar-refractivity contribution in [2.75, 3.05) is 13.1 Å². The topological polar surface area (TPSA) is 3.24 Å². The molecule has 2 aliphatic carbocycles. The van der Waals surface area contributed by atoms with Crippen LogP contribution in [-0.2, 0) is 0 Å². The zero-order valence-electron chi connectivity index (χ0n) is 11.3. The van der Waals surface area contributed by atoms with E-state index in [9.17, 15) is 0 Å². The van der Waals surface area contributed by atoms with Crippen LogP contribution in [0.4, 0.5) is 0 Å². The van der Waals surface area contributed by atoms with Crippen molar-refractivity contribution in [3.63, 3.8) is 0 Å². The summed E-state index contributed by atoms with van der Waals surface area (Å²) < 4.78 is 0. The molecule has 0 radical (unpaired) electrons. The summed E-state index contributed by atoms with van der Waals surface area (Å²) in [4.78, 5) is 2.84. The molecule has 2 atom stereocenters. The first-order valence-electron chi connectivity index (χ1n) is 7.20. The largest absolute Gasteiger partial charge is 0.300 e. The van der Waals surface area contributed by atoms with Gasteiger partial charge in [0, 0.05) is 19.1 Å². The Labute approximate surface area is 101 Å². The minimum Gasteiger partial charge on any atom is -0.300 e. The average molecular weight is 221 g/mol. The minimum absolute atomic E-state index is 0.523. The Balaban J connectivity index is 1.58. The molecule has 2 bridgehead atoms.